The standard InChI is InChI=1S/C12H16N2O2/c1-16-11-5-3-2-4-9(11)12(15)10-8-13-6-7-14-10/h2-5,10,13-14H,6-8H2,1H3. The van der Waals surface area contributed by atoms with Crippen LogP contribution in [0, 0.1) is 0 Å². The zero-order chi connectivity index (χ0) is 11.4. The average Bonchev–Trinajstić information content (AvgIpc) is 2.39. The molecule has 0 bridgehead atoms. The van der Waals surface area contributed by atoms with E-state index in [2.05, 4.69) is 10.6 Å². The second kappa shape index (κ2) is 5.09. The average molecular weight is 220 g/mol. The highest BCUT2D eigenvalue weighted by Gasteiger charge is 2.23. The summed E-state index contributed by atoms with van der Waals surface area (Å²) < 4.78 is 5.19. The number of carbonyl (C=O) groups excluding carboxylic acids is 1. The van der Waals surface area contributed by atoms with Crippen LogP contribution < -0.4 is 15.4 Å². The van der Waals surface area contributed by atoms with Crippen LogP contribution in [-0.2, 0) is 0 Å². The first-order valence-corrected chi connectivity index (χ1v) is 5.44. The third kappa shape index (κ3) is 2.23. The molecule has 1 aliphatic rings. The summed E-state index contributed by atoms with van der Waals surface area (Å²) in [4.78, 5) is 12.2. The van der Waals surface area contributed by atoms with E-state index >= 15 is 0 Å². The molecule has 0 aromatic heterocycles. The van der Waals surface area contributed by atoms with Crippen LogP contribution in [0.3, 0.4) is 0 Å². The molecule has 0 aliphatic carbocycles. The minimum Gasteiger partial charge on any atom is -0.496 e. The maximum Gasteiger partial charge on any atom is 0.184 e. The van der Waals surface area contributed by atoms with Crippen molar-refractivity contribution < 1.29 is 9.53 Å². The summed E-state index contributed by atoms with van der Waals surface area (Å²) in [5, 5.41) is 6.40. The number of ketones is 1. The van der Waals surface area contributed by atoms with Crippen LogP contribution in [0.15, 0.2) is 24.3 Å². The van der Waals surface area contributed by atoms with E-state index in [1.54, 1.807) is 13.2 Å². The molecule has 0 saturated carbocycles. The monoisotopic (exact) mass is 220 g/mol. The highest BCUT2D eigenvalue weighted by atomic mass is 16.5. The molecule has 4 nitrogen and oxygen atoms in total. The Morgan fingerprint density at radius 3 is 2.88 bits per heavy atom. The molecule has 0 radical (unpaired) electrons. The molecule has 1 atom stereocenters. The van der Waals surface area contributed by atoms with Gasteiger partial charge in [0.1, 0.15) is 5.75 Å². The molecule has 16 heavy (non-hydrogen) atoms. The van der Waals surface area contributed by atoms with Crippen molar-refractivity contribution >= 4 is 5.78 Å². The van der Waals surface area contributed by atoms with Gasteiger partial charge in [-0.2, -0.15) is 0 Å². The van der Waals surface area contributed by atoms with Crippen molar-refractivity contribution in [1.82, 2.24) is 10.6 Å². The molecular weight excluding hydrogens is 204 g/mol. The first-order valence-electron chi connectivity index (χ1n) is 5.44. The lowest BCUT2D eigenvalue weighted by atomic mass is 10.0. The van der Waals surface area contributed by atoms with Gasteiger partial charge in [0.25, 0.3) is 0 Å². The summed E-state index contributed by atoms with van der Waals surface area (Å²) in [6, 6.07) is 7.18. The van der Waals surface area contributed by atoms with Crippen LogP contribution in [-0.4, -0.2) is 38.6 Å². The molecule has 1 aromatic rings. The second-order valence-electron chi connectivity index (χ2n) is 3.78. The van der Waals surface area contributed by atoms with Gasteiger partial charge in [-0.3, -0.25) is 4.79 Å². The molecule has 1 saturated heterocycles. The number of Topliss-reactive ketones (excluding diaryl/α,β-unsaturated/α-hetero) is 1. The van der Waals surface area contributed by atoms with Crippen molar-refractivity contribution in [1.29, 1.82) is 0 Å². The number of ether oxygens (including phenoxy) is 1. The fourth-order valence-corrected chi connectivity index (χ4v) is 1.87. The van der Waals surface area contributed by atoms with Gasteiger partial charge in [0, 0.05) is 19.6 Å². The number of rotatable bonds is 3. The predicted octanol–water partition coefficient (Wildman–Crippen LogP) is 0.439. The van der Waals surface area contributed by atoms with E-state index in [1.165, 1.54) is 0 Å². The second-order valence-corrected chi connectivity index (χ2v) is 3.78. The summed E-state index contributed by atoms with van der Waals surface area (Å²) in [6.45, 7) is 2.41. The van der Waals surface area contributed by atoms with Crippen LogP contribution in [0.1, 0.15) is 10.4 Å². The number of hydrogen-bond donors (Lipinski definition) is 2. The summed E-state index contributed by atoms with van der Waals surface area (Å²) in [7, 11) is 1.58. The first-order chi connectivity index (χ1) is 7.83. The molecule has 1 unspecified atom stereocenters. The maximum absolute atomic E-state index is 12.2. The van der Waals surface area contributed by atoms with Gasteiger partial charge in [0.2, 0.25) is 0 Å². The summed E-state index contributed by atoms with van der Waals surface area (Å²) >= 11 is 0. The zero-order valence-electron chi connectivity index (χ0n) is 9.32. The largest absolute Gasteiger partial charge is 0.496 e. The number of carbonyl (C=O) groups is 1. The molecule has 1 fully saturated rings. The Labute approximate surface area is 95.0 Å². The van der Waals surface area contributed by atoms with Crippen LogP contribution in [0.2, 0.25) is 0 Å². The molecule has 1 aliphatic heterocycles. The number of nitrogens with one attached hydrogen (secondary N) is 2. The smallest absolute Gasteiger partial charge is 0.184 e. The molecule has 86 valence electrons. The lowest BCUT2D eigenvalue weighted by molar-refractivity contribution is 0.0931. The first kappa shape index (κ1) is 11.1. The highest BCUT2D eigenvalue weighted by Crippen LogP contribution is 2.19. The summed E-state index contributed by atoms with van der Waals surface area (Å²) in [6.07, 6.45) is 0. The van der Waals surface area contributed by atoms with E-state index < -0.39 is 0 Å². The van der Waals surface area contributed by atoms with Crippen molar-refractivity contribution in [2.24, 2.45) is 0 Å². The summed E-state index contributed by atoms with van der Waals surface area (Å²) in [5.74, 6) is 0.726. The molecule has 1 aromatic carbocycles. The van der Waals surface area contributed by atoms with E-state index in [0.29, 0.717) is 17.9 Å². The SMILES string of the molecule is COc1ccccc1C(=O)C1CNCCN1. The van der Waals surface area contributed by atoms with E-state index in [-0.39, 0.29) is 11.8 Å². The number of methoxy groups -OCH3 is 1. The van der Waals surface area contributed by atoms with Gasteiger partial charge in [-0.25, -0.2) is 0 Å². The third-order valence-corrected chi connectivity index (χ3v) is 2.73. The van der Waals surface area contributed by atoms with Crippen molar-refractivity contribution in [3.05, 3.63) is 29.8 Å². The van der Waals surface area contributed by atoms with E-state index in [1.807, 2.05) is 18.2 Å². The lowest BCUT2D eigenvalue weighted by Gasteiger charge is -2.23. The van der Waals surface area contributed by atoms with Gasteiger partial charge in [0.05, 0.1) is 18.7 Å². The van der Waals surface area contributed by atoms with E-state index in [0.717, 1.165) is 13.1 Å². The van der Waals surface area contributed by atoms with Gasteiger partial charge in [-0.1, -0.05) is 12.1 Å². The topological polar surface area (TPSA) is 50.4 Å². The number of benzene rings is 1. The Balaban J connectivity index is 2.19. The number of hydrogen-bond acceptors (Lipinski definition) is 4. The molecule has 4 heteroatoms. The van der Waals surface area contributed by atoms with Crippen molar-refractivity contribution in [2.75, 3.05) is 26.7 Å². The van der Waals surface area contributed by atoms with E-state index in [4.69, 9.17) is 4.74 Å². The van der Waals surface area contributed by atoms with Gasteiger partial charge >= 0.3 is 0 Å². The van der Waals surface area contributed by atoms with Gasteiger partial charge in [-0.05, 0) is 12.1 Å². The third-order valence-electron chi connectivity index (χ3n) is 2.73. The quantitative estimate of drug-likeness (QED) is 0.726. The number of para-hydroxylation sites is 1. The Bertz CT molecular complexity index is 373. The van der Waals surface area contributed by atoms with Crippen LogP contribution >= 0.6 is 0 Å². The molecule has 1 heterocycles. The molecule has 2 N–H and O–H groups in total. The summed E-state index contributed by atoms with van der Waals surface area (Å²) in [5.41, 5.74) is 0.645. The Hall–Kier alpha value is -1.39. The van der Waals surface area contributed by atoms with E-state index in [9.17, 15) is 4.79 Å². The molecule has 0 amide bonds. The Kier molecular flexibility index (Phi) is 3.54. The fourth-order valence-electron chi connectivity index (χ4n) is 1.87. The Morgan fingerprint density at radius 2 is 2.19 bits per heavy atom. The van der Waals surface area contributed by atoms with Crippen molar-refractivity contribution in [3.63, 3.8) is 0 Å². The molecule has 0 spiro atoms. The zero-order valence-corrected chi connectivity index (χ0v) is 9.32. The van der Waals surface area contributed by atoms with Crippen LogP contribution in [0.5, 0.6) is 5.75 Å². The predicted molar refractivity (Wildman–Crippen MR) is 62.0 cm³/mol. The highest BCUT2D eigenvalue weighted by molar-refractivity contribution is 6.02. The van der Waals surface area contributed by atoms with Gasteiger partial charge in [0.15, 0.2) is 5.78 Å². The minimum absolute atomic E-state index is 0.0876. The van der Waals surface area contributed by atoms with Crippen molar-refractivity contribution in [3.8, 4) is 5.75 Å². The van der Waals surface area contributed by atoms with Gasteiger partial charge in [-0.15, -0.1) is 0 Å². The fraction of sp³-hybridized carbons (Fsp3) is 0.417. The minimum atomic E-state index is -0.148. The van der Waals surface area contributed by atoms with Crippen LogP contribution in [0.25, 0.3) is 0 Å². The number of piperazine rings is 1. The Morgan fingerprint density at radius 1 is 1.38 bits per heavy atom. The van der Waals surface area contributed by atoms with Crippen molar-refractivity contribution in [2.45, 2.75) is 6.04 Å². The molecular formula is C12H16N2O2. The lowest BCUT2D eigenvalue weighted by Crippen LogP contribution is -2.52. The normalized spacial score (nSPS) is 20.4. The van der Waals surface area contributed by atoms with Gasteiger partial charge < -0.3 is 15.4 Å². The molecule has 2 rings (SSSR count). The van der Waals surface area contributed by atoms with Crippen LogP contribution in [0.4, 0.5) is 0 Å². The maximum atomic E-state index is 12.2.